The Bertz CT molecular complexity index is 472. The van der Waals surface area contributed by atoms with E-state index in [4.69, 9.17) is 0 Å². The molecule has 0 radical (unpaired) electrons. The molecular weight excluding hydrogens is 220 g/mol. The standard InChI is InChI=1S/C11H16N4S/c1-4-12-11-14-13-10(15(11)5-2)9-7-6-8(3)16-9/h6-7H,4-5H2,1-3H3,(H,12,14). The molecule has 86 valence electrons. The number of hydrogen-bond donors (Lipinski definition) is 1. The minimum Gasteiger partial charge on any atom is -0.355 e. The maximum absolute atomic E-state index is 4.25. The Balaban J connectivity index is 2.41. The molecule has 0 aliphatic rings. The number of thiophene rings is 1. The van der Waals surface area contributed by atoms with E-state index < -0.39 is 0 Å². The summed E-state index contributed by atoms with van der Waals surface area (Å²) in [5, 5.41) is 11.6. The van der Waals surface area contributed by atoms with Gasteiger partial charge in [0, 0.05) is 18.0 Å². The first-order chi connectivity index (χ1) is 7.76. The molecule has 0 atom stereocenters. The van der Waals surface area contributed by atoms with Crippen molar-refractivity contribution >= 4 is 17.3 Å². The van der Waals surface area contributed by atoms with Crippen LogP contribution in [0.2, 0.25) is 0 Å². The molecule has 0 fully saturated rings. The van der Waals surface area contributed by atoms with Gasteiger partial charge in [-0.25, -0.2) is 0 Å². The molecule has 0 saturated carbocycles. The Kier molecular flexibility index (Phi) is 3.24. The summed E-state index contributed by atoms with van der Waals surface area (Å²) in [4.78, 5) is 2.47. The molecule has 2 heterocycles. The lowest BCUT2D eigenvalue weighted by atomic mass is 10.4. The Morgan fingerprint density at radius 2 is 2.12 bits per heavy atom. The van der Waals surface area contributed by atoms with Crippen LogP contribution in [0.3, 0.4) is 0 Å². The first-order valence-corrected chi connectivity index (χ1v) is 6.31. The number of aromatic nitrogens is 3. The molecule has 5 heteroatoms. The van der Waals surface area contributed by atoms with Crippen molar-refractivity contribution in [3.63, 3.8) is 0 Å². The van der Waals surface area contributed by atoms with Crippen molar-refractivity contribution in [3.8, 4) is 10.7 Å². The monoisotopic (exact) mass is 236 g/mol. The third-order valence-corrected chi connectivity index (χ3v) is 3.36. The second-order valence-corrected chi connectivity index (χ2v) is 4.82. The van der Waals surface area contributed by atoms with Crippen molar-refractivity contribution in [2.24, 2.45) is 0 Å². The van der Waals surface area contributed by atoms with E-state index >= 15 is 0 Å². The Labute approximate surface area is 99.3 Å². The third kappa shape index (κ3) is 1.95. The average molecular weight is 236 g/mol. The molecule has 2 rings (SSSR count). The van der Waals surface area contributed by atoms with E-state index in [2.05, 4.69) is 53.0 Å². The second-order valence-electron chi connectivity index (χ2n) is 3.53. The highest BCUT2D eigenvalue weighted by Gasteiger charge is 2.12. The van der Waals surface area contributed by atoms with Crippen molar-refractivity contribution in [3.05, 3.63) is 17.0 Å². The highest BCUT2D eigenvalue weighted by Crippen LogP contribution is 2.27. The van der Waals surface area contributed by atoms with E-state index in [1.807, 2.05) is 0 Å². The van der Waals surface area contributed by atoms with E-state index in [1.165, 1.54) is 9.75 Å². The summed E-state index contributed by atoms with van der Waals surface area (Å²) in [6.07, 6.45) is 0. The van der Waals surface area contributed by atoms with Crippen molar-refractivity contribution < 1.29 is 0 Å². The minimum atomic E-state index is 0.853. The molecular formula is C11H16N4S. The number of rotatable bonds is 4. The fraction of sp³-hybridized carbons (Fsp3) is 0.455. The molecule has 0 amide bonds. The molecule has 0 bridgehead atoms. The molecule has 16 heavy (non-hydrogen) atoms. The summed E-state index contributed by atoms with van der Waals surface area (Å²) in [6, 6.07) is 4.22. The number of anilines is 1. The SMILES string of the molecule is CCNc1nnc(-c2ccc(C)s2)n1CC. The zero-order chi connectivity index (χ0) is 11.5. The molecule has 0 saturated heterocycles. The van der Waals surface area contributed by atoms with Crippen molar-refractivity contribution in [2.45, 2.75) is 27.3 Å². The maximum Gasteiger partial charge on any atom is 0.224 e. The Morgan fingerprint density at radius 3 is 2.69 bits per heavy atom. The van der Waals surface area contributed by atoms with Crippen LogP contribution in [0.15, 0.2) is 12.1 Å². The molecule has 1 N–H and O–H groups in total. The number of aryl methyl sites for hydroxylation is 1. The van der Waals surface area contributed by atoms with Crippen LogP contribution in [-0.2, 0) is 6.54 Å². The second kappa shape index (κ2) is 4.65. The summed E-state index contributed by atoms with van der Waals surface area (Å²) in [5.74, 6) is 1.81. The van der Waals surface area contributed by atoms with Gasteiger partial charge in [0.05, 0.1) is 4.88 Å². The Hall–Kier alpha value is -1.36. The van der Waals surface area contributed by atoms with E-state index in [1.54, 1.807) is 11.3 Å². The van der Waals surface area contributed by atoms with Crippen LogP contribution in [0.4, 0.5) is 5.95 Å². The molecule has 0 aliphatic heterocycles. The summed E-state index contributed by atoms with van der Waals surface area (Å²) in [7, 11) is 0. The number of hydrogen-bond acceptors (Lipinski definition) is 4. The summed E-state index contributed by atoms with van der Waals surface area (Å²) in [6.45, 7) is 8.01. The van der Waals surface area contributed by atoms with Crippen LogP contribution in [0, 0.1) is 6.92 Å². The van der Waals surface area contributed by atoms with Crippen LogP contribution in [-0.4, -0.2) is 21.3 Å². The quantitative estimate of drug-likeness (QED) is 0.887. The van der Waals surface area contributed by atoms with Crippen LogP contribution >= 0.6 is 11.3 Å². The number of nitrogens with one attached hydrogen (secondary N) is 1. The largest absolute Gasteiger partial charge is 0.355 e. The Morgan fingerprint density at radius 1 is 1.31 bits per heavy atom. The lowest BCUT2D eigenvalue weighted by molar-refractivity contribution is 0.771. The van der Waals surface area contributed by atoms with Gasteiger partial charge in [0.25, 0.3) is 0 Å². The molecule has 0 aromatic carbocycles. The van der Waals surface area contributed by atoms with E-state index in [-0.39, 0.29) is 0 Å². The van der Waals surface area contributed by atoms with Crippen LogP contribution in [0.1, 0.15) is 18.7 Å². The van der Waals surface area contributed by atoms with Crippen LogP contribution < -0.4 is 5.32 Å². The first kappa shape index (κ1) is 11.1. The lowest BCUT2D eigenvalue weighted by Gasteiger charge is -2.06. The fourth-order valence-electron chi connectivity index (χ4n) is 1.63. The highest BCUT2D eigenvalue weighted by atomic mass is 32.1. The van der Waals surface area contributed by atoms with Gasteiger partial charge in [-0.1, -0.05) is 0 Å². The third-order valence-electron chi connectivity index (χ3n) is 2.36. The van der Waals surface area contributed by atoms with Gasteiger partial charge >= 0.3 is 0 Å². The van der Waals surface area contributed by atoms with Crippen molar-refractivity contribution in [1.29, 1.82) is 0 Å². The van der Waals surface area contributed by atoms with Gasteiger partial charge in [-0.3, -0.25) is 4.57 Å². The maximum atomic E-state index is 4.25. The van der Waals surface area contributed by atoms with Gasteiger partial charge in [0.1, 0.15) is 0 Å². The predicted octanol–water partition coefficient (Wildman–Crippen LogP) is 2.77. The molecule has 0 spiro atoms. The van der Waals surface area contributed by atoms with E-state index in [9.17, 15) is 0 Å². The van der Waals surface area contributed by atoms with E-state index in [0.717, 1.165) is 24.9 Å². The highest BCUT2D eigenvalue weighted by molar-refractivity contribution is 7.15. The summed E-state index contributed by atoms with van der Waals surface area (Å²) < 4.78 is 2.11. The van der Waals surface area contributed by atoms with Gasteiger partial charge in [0.2, 0.25) is 5.95 Å². The topological polar surface area (TPSA) is 42.7 Å². The normalized spacial score (nSPS) is 10.7. The zero-order valence-corrected chi connectivity index (χ0v) is 10.6. The smallest absolute Gasteiger partial charge is 0.224 e. The van der Waals surface area contributed by atoms with Gasteiger partial charge in [-0.05, 0) is 32.9 Å². The minimum absolute atomic E-state index is 0.853. The fourth-order valence-corrected chi connectivity index (χ4v) is 2.49. The lowest BCUT2D eigenvalue weighted by Crippen LogP contribution is -2.06. The first-order valence-electron chi connectivity index (χ1n) is 5.50. The predicted molar refractivity (Wildman–Crippen MR) is 67.9 cm³/mol. The summed E-state index contributed by atoms with van der Waals surface area (Å²) in [5.41, 5.74) is 0. The van der Waals surface area contributed by atoms with E-state index in [0.29, 0.717) is 0 Å². The van der Waals surface area contributed by atoms with Crippen molar-refractivity contribution in [2.75, 3.05) is 11.9 Å². The van der Waals surface area contributed by atoms with Crippen LogP contribution in [0.25, 0.3) is 10.7 Å². The molecule has 0 unspecified atom stereocenters. The van der Waals surface area contributed by atoms with Gasteiger partial charge < -0.3 is 5.32 Å². The van der Waals surface area contributed by atoms with Gasteiger partial charge in [-0.2, -0.15) is 0 Å². The zero-order valence-electron chi connectivity index (χ0n) is 9.82. The van der Waals surface area contributed by atoms with Crippen LogP contribution in [0.5, 0.6) is 0 Å². The summed E-state index contributed by atoms with van der Waals surface area (Å²) >= 11 is 1.75. The number of nitrogens with zero attached hydrogens (tertiary/aromatic N) is 3. The molecule has 0 aliphatic carbocycles. The molecule has 2 aromatic heterocycles. The van der Waals surface area contributed by atoms with Gasteiger partial charge in [-0.15, -0.1) is 21.5 Å². The van der Waals surface area contributed by atoms with Gasteiger partial charge in [0.15, 0.2) is 5.82 Å². The molecule has 4 nitrogen and oxygen atoms in total. The van der Waals surface area contributed by atoms with Crippen molar-refractivity contribution in [1.82, 2.24) is 14.8 Å². The average Bonchev–Trinajstić information content (AvgIpc) is 2.85. The molecule has 2 aromatic rings.